The first-order chi connectivity index (χ1) is 10.6. The van der Waals surface area contributed by atoms with Crippen LogP contribution in [0.1, 0.15) is 30.1 Å². The van der Waals surface area contributed by atoms with Crippen molar-refractivity contribution >= 4 is 11.9 Å². The van der Waals surface area contributed by atoms with Crippen LogP contribution in [-0.4, -0.2) is 28.5 Å². The Morgan fingerprint density at radius 3 is 2.59 bits per heavy atom. The Hall–Kier alpha value is -2.63. The van der Waals surface area contributed by atoms with Gasteiger partial charge in [0.15, 0.2) is 12.2 Å². The molecule has 0 fully saturated rings. The number of carboxylic acid groups (broad SMARTS) is 1. The quantitative estimate of drug-likeness (QED) is 0.820. The number of hydrogen-bond acceptors (Lipinski definition) is 4. The van der Waals surface area contributed by atoms with E-state index in [0.717, 1.165) is 12.0 Å². The van der Waals surface area contributed by atoms with E-state index in [1.165, 1.54) is 6.39 Å². The number of carbonyl (C=O) groups excluding carboxylic acids is 1. The second kappa shape index (κ2) is 7.40. The van der Waals surface area contributed by atoms with Crippen LogP contribution in [0.25, 0.3) is 11.3 Å². The zero-order chi connectivity index (χ0) is 15.9. The van der Waals surface area contributed by atoms with Crippen LogP contribution in [0.5, 0.6) is 0 Å². The van der Waals surface area contributed by atoms with Crippen LogP contribution in [-0.2, 0) is 4.79 Å². The number of nitrogens with zero attached hydrogens (tertiary/aromatic N) is 1. The number of carboxylic acids is 1. The van der Waals surface area contributed by atoms with Crippen LogP contribution in [0.15, 0.2) is 41.3 Å². The van der Waals surface area contributed by atoms with Crippen molar-refractivity contribution in [3.05, 3.63) is 42.4 Å². The molecule has 0 aliphatic rings. The second-order valence-electron chi connectivity index (χ2n) is 4.98. The van der Waals surface area contributed by atoms with Gasteiger partial charge in [0.1, 0.15) is 0 Å². The molecule has 22 heavy (non-hydrogen) atoms. The normalized spacial score (nSPS) is 11.9. The largest absolute Gasteiger partial charge is 0.481 e. The Balaban J connectivity index is 1.96. The lowest BCUT2D eigenvalue weighted by Gasteiger charge is -2.12. The highest BCUT2D eigenvalue weighted by Gasteiger charge is 2.17. The fraction of sp³-hybridized carbons (Fsp3) is 0.312. The van der Waals surface area contributed by atoms with E-state index in [0.29, 0.717) is 17.7 Å². The van der Waals surface area contributed by atoms with Crippen LogP contribution in [0.3, 0.4) is 0 Å². The second-order valence-corrected chi connectivity index (χ2v) is 4.98. The summed E-state index contributed by atoms with van der Waals surface area (Å²) in [4.78, 5) is 26.9. The summed E-state index contributed by atoms with van der Waals surface area (Å²) in [5.41, 5.74) is 1.30. The van der Waals surface area contributed by atoms with E-state index in [4.69, 9.17) is 9.52 Å². The number of benzene rings is 1. The fourth-order valence-electron chi connectivity index (χ4n) is 2.12. The molecule has 0 aliphatic heterocycles. The van der Waals surface area contributed by atoms with Gasteiger partial charge in [-0.25, -0.2) is 4.98 Å². The summed E-state index contributed by atoms with van der Waals surface area (Å²) in [5, 5.41) is 11.7. The van der Waals surface area contributed by atoms with Crippen molar-refractivity contribution in [2.75, 3.05) is 6.54 Å². The highest BCUT2D eigenvalue weighted by atomic mass is 16.4. The first-order valence-electron chi connectivity index (χ1n) is 7.11. The molecule has 6 nitrogen and oxygen atoms in total. The highest BCUT2D eigenvalue weighted by molar-refractivity contribution is 5.94. The first-order valence-corrected chi connectivity index (χ1v) is 7.11. The van der Waals surface area contributed by atoms with Gasteiger partial charge in [0, 0.05) is 17.7 Å². The molecule has 2 N–H and O–H groups in total. The van der Waals surface area contributed by atoms with Gasteiger partial charge in [-0.3, -0.25) is 9.59 Å². The summed E-state index contributed by atoms with van der Waals surface area (Å²) >= 11 is 0. The van der Waals surface area contributed by atoms with Gasteiger partial charge in [0.2, 0.25) is 0 Å². The molecule has 0 aliphatic carbocycles. The Labute approximate surface area is 128 Å². The van der Waals surface area contributed by atoms with Crippen molar-refractivity contribution in [2.45, 2.75) is 19.8 Å². The SMILES string of the molecule is CCCC(CNC(=O)c1ccc(-c2cnco2)cc1)C(=O)O. The highest BCUT2D eigenvalue weighted by Crippen LogP contribution is 2.18. The molecule has 0 bridgehead atoms. The molecule has 116 valence electrons. The summed E-state index contributed by atoms with van der Waals surface area (Å²) in [6.07, 6.45) is 4.24. The van der Waals surface area contributed by atoms with Crippen molar-refractivity contribution in [3.8, 4) is 11.3 Å². The maximum absolute atomic E-state index is 12.0. The van der Waals surface area contributed by atoms with Crippen LogP contribution in [0.2, 0.25) is 0 Å². The Kier molecular flexibility index (Phi) is 5.30. The van der Waals surface area contributed by atoms with Crippen molar-refractivity contribution in [1.29, 1.82) is 0 Å². The summed E-state index contributed by atoms with van der Waals surface area (Å²) < 4.78 is 5.18. The van der Waals surface area contributed by atoms with Crippen LogP contribution >= 0.6 is 0 Å². The van der Waals surface area contributed by atoms with E-state index >= 15 is 0 Å². The Morgan fingerprint density at radius 1 is 1.32 bits per heavy atom. The predicted octanol–water partition coefficient (Wildman–Crippen LogP) is 2.57. The van der Waals surface area contributed by atoms with Gasteiger partial charge in [-0.05, 0) is 18.6 Å². The molecule has 6 heteroatoms. The number of hydrogen-bond donors (Lipinski definition) is 2. The topological polar surface area (TPSA) is 92.4 Å². The zero-order valence-electron chi connectivity index (χ0n) is 12.3. The molecular formula is C16H18N2O4. The fourth-order valence-corrected chi connectivity index (χ4v) is 2.12. The van der Waals surface area contributed by atoms with E-state index in [-0.39, 0.29) is 12.5 Å². The third-order valence-corrected chi connectivity index (χ3v) is 3.36. The summed E-state index contributed by atoms with van der Waals surface area (Å²) in [5.74, 6) is -1.10. The van der Waals surface area contributed by atoms with Crippen LogP contribution in [0, 0.1) is 5.92 Å². The minimum atomic E-state index is -0.886. The van der Waals surface area contributed by atoms with E-state index < -0.39 is 11.9 Å². The third-order valence-electron chi connectivity index (χ3n) is 3.36. The number of carbonyl (C=O) groups is 2. The van der Waals surface area contributed by atoms with Crippen molar-refractivity contribution < 1.29 is 19.1 Å². The minimum absolute atomic E-state index is 0.131. The maximum atomic E-state index is 12.0. The number of aliphatic carboxylic acids is 1. The van der Waals surface area contributed by atoms with Crippen molar-refractivity contribution in [2.24, 2.45) is 5.92 Å². The smallest absolute Gasteiger partial charge is 0.308 e. The molecule has 1 atom stereocenters. The van der Waals surface area contributed by atoms with Crippen molar-refractivity contribution in [1.82, 2.24) is 10.3 Å². The molecule has 0 saturated heterocycles. The molecule has 1 unspecified atom stereocenters. The van der Waals surface area contributed by atoms with Gasteiger partial charge in [-0.15, -0.1) is 0 Å². The third kappa shape index (κ3) is 3.94. The monoisotopic (exact) mass is 302 g/mol. The molecule has 2 rings (SSSR count). The molecular weight excluding hydrogens is 284 g/mol. The number of nitrogens with one attached hydrogen (secondary N) is 1. The molecule has 0 saturated carbocycles. The average molecular weight is 302 g/mol. The number of aromatic nitrogens is 1. The number of amides is 1. The minimum Gasteiger partial charge on any atom is -0.481 e. The predicted molar refractivity (Wildman–Crippen MR) is 80.3 cm³/mol. The maximum Gasteiger partial charge on any atom is 0.308 e. The summed E-state index contributed by atoms with van der Waals surface area (Å²) in [7, 11) is 0. The van der Waals surface area contributed by atoms with E-state index in [2.05, 4.69) is 10.3 Å². The Bertz CT molecular complexity index is 620. The molecule has 1 heterocycles. The molecule has 0 spiro atoms. The average Bonchev–Trinajstić information content (AvgIpc) is 3.05. The van der Waals surface area contributed by atoms with Gasteiger partial charge in [-0.2, -0.15) is 0 Å². The van der Waals surface area contributed by atoms with Gasteiger partial charge in [0.25, 0.3) is 5.91 Å². The molecule has 1 aromatic carbocycles. The molecule has 2 aromatic rings. The van der Waals surface area contributed by atoms with Crippen molar-refractivity contribution in [3.63, 3.8) is 0 Å². The molecule has 0 radical (unpaired) electrons. The van der Waals surface area contributed by atoms with Gasteiger partial charge >= 0.3 is 5.97 Å². The van der Waals surface area contributed by atoms with E-state index in [9.17, 15) is 9.59 Å². The molecule has 1 aromatic heterocycles. The van der Waals surface area contributed by atoms with Gasteiger partial charge in [-0.1, -0.05) is 25.5 Å². The number of oxazole rings is 1. The Morgan fingerprint density at radius 2 is 2.05 bits per heavy atom. The van der Waals surface area contributed by atoms with E-state index in [1.54, 1.807) is 30.5 Å². The first kappa shape index (κ1) is 15.8. The lowest BCUT2D eigenvalue weighted by atomic mass is 10.0. The zero-order valence-corrected chi connectivity index (χ0v) is 12.3. The van der Waals surface area contributed by atoms with Crippen LogP contribution < -0.4 is 5.32 Å². The standard InChI is InChI=1S/C16H18N2O4/c1-2-3-13(16(20)21)8-18-15(19)12-6-4-11(5-7-12)14-9-17-10-22-14/h4-7,9-10,13H,2-3,8H2,1H3,(H,18,19)(H,20,21). The summed E-state index contributed by atoms with van der Waals surface area (Å²) in [6.45, 7) is 2.05. The van der Waals surface area contributed by atoms with E-state index in [1.807, 2.05) is 6.92 Å². The molecule has 1 amide bonds. The van der Waals surface area contributed by atoms with Gasteiger partial charge < -0.3 is 14.8 Å². The van der Waals surface area contributed by atoms with Crippen LogP contribution in [0.4, 0.5) is 0 Å². The number of rotatable bonds is 7. The van der Waals surface area contributed by atoms with Gasteiger partial charge in [0.05, 0.1) is 12.1 Å². The lowest BCUT2D eigenvalue weighted by Crippen LogP contribution is -2.32. The summed E-state index contributed by atoms with van der Waals surface area (Å²) in [6, 6.07) is 6.86. The lowest BCUT2D eigenvalue weighted by molar-refractivity contribution is -0.141.